The van der Waals surface area contributed by atoms with Crippen LogP contribution in [-0.2, 0) is 30.7 Å². The summed E-state index contributed by atoms with van der Waals surface area (Å²) in [4.78, 5) is 15.9. The molecule has 0 atom stereocenters. The molecule has 0 fully saturated rings. The second-order valence-electron chi connectivity index (χ2n) is 5.28. The molecule has 21 heavy (non-hydrogen) atoms. The Morgan fingerprint density at radius 1 is 1.33 bits per heavy atom. The third-order valence-corrected chi connectivity index (χ3v) is 3.74. The van der Waals surface area contributed by atoms with Crippen molar-refractivity contribution in [1.29, 1.82) is 0 Å². The normalized spacial score (nSPS) is 13.7. The summed E-state index contributed by atoms with van der Waals surface area (Å²) in [5.74, 6) is 1.94. The van der Waals surface area contributed by atoms with Crippen LogP contribution in [-0.4, -0.2) is 25.7 Å². The van der Waals surface area contributed by atoms with Gasteiger partial charge in [-0.15, -0.1) is 10.2 Å². The molecular formula is C15H19N5O. The quantitative estimate of drug-likeness (QED) is 0.897. The Labute approximate surface area is 123 Å². The second-order valence-corrected chi connectivity index (χ2v) is 5.28. The zero-order chi connectivity index (χ0) is 14.5. The van der Waals surface area contributed by atoms with Crippen molar-refractivity contribution in [3.63, 3.8) is 0 Å². The van der Waals surface area contributed by atoms with Gasteiger partial charge in [0.05, 0.1) is 6.54 Å². The molecule has 2 aromatic heterocycles. The molecule has 3 rings (SSSR count). The molecule has 0 aromatic carbocycles. The molecule has 0 radical (unpaired) electrons. The molecule has 1 aliphatic heterocycles. The number of hydrogen-bond acceptors (Lipinski definition) is 4. The predicted octanol–water partition coefficient (Wildman–Crippen LogP) is 1.26. The summed E-state index contributed by atoms with van der Waals surface area (Å²) in [6.07, 6.45) is 8.02. The molecular weight excluding hydrogens is 266 g/mol. The highest BCUT2D eigenvalue weighted by atomic mass is 16.1. The number of carbonyl (C=O) groups excluding carboxylic acids is 1. The fourth-order valence-electron chi connectivity index (χ4n) is 2.57. The summed E-state index contributed by atoms with van der Waals surface area (Å²) in [6, 6.07) is 3.87. The molecule has 2 aromatic rings. The van der Waals surface area contributed by atoms with Crippen molar-refractivity contribution in [2.75, 3.05) is 0 Å². The van der Waals surface area contributed by atoms with E-state index in [-0.39, 0.29) is 5.91 Å². The molecule has 0 unspecified atom stereocenters. The summed E-state index contributed by atoms with van der Waals surface area (Å²) < 4.78 is 2.13. The first-order valence-electron chi connectivity index (χ1n) is 7.39. The van der Waals surface area contributed by atoms with Gasteiger partial charge in [-0.2, -0.15) is 0 Å². The minimum atomic E-state index is 0.0343. The minimum Gasteiger partial charge on any atom is -0.349 e. The first-order chi connectivity index (χ1) is 10.3. The first-order valence-corrected chi connectivity index (χ1v) is 7.39. The van der Waals surface area contributed by atoms with Gasteiger partial charge in [0.2, 0.25) is 5.91 Å². The Bertz CT molecular complexity index is 608. The van der Waals surface area contributed by atoms with Gasteiger partial charge >= 0.3 is 0 Å². The Morgan fingerprint density at radius 2 is 2.29 bits per heavy atom. The molecule has 3 heterocycles. The van der Waals surface area contributed by atoms with E-state index in [1.54, 1.807) is 12.4 Å². The number of carbonyl (C=O) groups is 1. The molecule has 0 spiro atoms. The van der Waals surface area contributed by atoms with Crippen LogP contribution in [0.25, 0.3) is 0 Å². The van der Waals surface area contributed by atoms with Gasteiger partial charge in [-0.1, -0.05) is 6.07 Å². The molecule has 1 amide bonds. The number of hydrogen-bond donors (Lipinski definition) is 1. The standard InChI is InChI=1S/C15H19N5O/c21-15(7-6-12-4-3-8-16-10-12)17-11-14-19-18-13-5-1-2-9-20(13)14/h3-4,8,10H,1-2,5-7,9,11H2,(H,17,21). The van der Waals surface area contributed by atoms with Crippen LogP contribution in [0, 0.1) is 0 Å². The maximum atomic E-state index is 11.9. The van der Waals surface area contributed by atoms with Crippen LogP contribution in [0.3, 0.4) is 0 Å². The van der Waals surface area contributed by atoms with Gasteiger partial charge in [0.1, 0.15) is 5.82 Å². The smallest absolute Gasteiger partial charge is 0.220 e. The van der Waals surface area contributed by atoms with Crippen molar-refractivity contribution in [3.8, 4) is 0 Å². The lowest BCUT2D eigenvalue weighted by atomic mass is 10.1. The molecule has 6 heteroatoms. The number of nitrogens with one attached hydrogen (secondary N) is 1. The van der Waals surface area contributed by atoms with Crippen LogP contribution in [0.15, 0.2) is 24.5 Å². The Hall–Kier alpha value is -2.24. The SMILES string of the molecule is O=C(CCc1cccnc1)NCc1nnc2n1CCCC2. The van der Waals surface area contributed by atoms with E-state index >= 15 is 0 Å². The van der Waals surface area contributed by atoms with Gasteiger partial charge in [0.25, 0.3) is 0 Å². The third-order valence-electron chi connectivity index (χ3n) is 3.74. The summed E-state index contributed by atoms with van der Waals surface area (Å²) >= 11 is 0. The summed E-state index contributed by atoms with van der Waals surface area (Å²) in [7, 11) is 0. The van der Waals surface area contributed by atoms with Gasteiger partial charge in [0.15, 0.2) is 5.82 Å². The van der Waals surface area contributed by atoms with Crippen LogP contribution in [0.1, 0.15) is 36.5 Å². The van der Waals surface area contributed by atoms with Gasteiger partial charge in [-0.05, 0) is 30.9 Å². The number of amides is 1. The summed E-state index contributed by atoms with van der Waals surface area (Å²) in [5, 5.41) is 11.3. The zero-order valence-electron chi connectivity index (χ0n) is 12.0. The highest BCUT2D eigenvalue weighted by Crippen LogP contribution is 2.14. The van der Waals surface area contributed by atoms with E-state index in [0.717, 1.165) is 36.6 Å². The Morgan fingerprint density at radius 3 is 3.14 bits per heavy atom. The maximum absolute atomic E-state index is 11.9. The monoisotopic (exact) mass is 285 g/mol. The average molecular weight is 285 g/mol. The maximum Gasteiger partial charge on any atom is 0.220 e. The lowest BCUT2D eigenvalue weighted by molar-refractivity contribution is -0.121. The van der Waals surface area contributed by atoms with Crippen molar-refractivity contribution >= 4 is 5.91 Å². The largest absolute Gasteiger partial charge is 0.349 e. The van der Waals surface area contributed by atoms with Crippen molar-refractivity contribution in [2.24, 2.45) is 0 Å². The van der Waals surface area contributed by atoms with Crippen LogP contribution in [0.5, 0.6) is 0 Å². The molecule has 6 nitrogen and oxygen atoms in total. The number of nitrogens with zero attached hydrogens (tertiary/aromatic N) is 4. The first kappa shape index (κ1) is 13.7. The Kier molecular flexibility index (Phi) is 4.23. The fraction of sp³-hybridized carbons (Fsp3) is 0.467. The number of fused-ring (bicyclic) bond motifs is 1. The molecule has 0 saturated heterocycles. The van der Waals surface area contributed by atoms with E-state index in [4.69, 9.17) is 0 Å². The van der Waals surface area contributed by atoms with Crippen LogP contribution < -0.4 is 5.32 Å². The highest BCUT2D eigenvalue weighted by molar-refractivity contribution is 5.76. The second kappa shape index (κ2) is 6.47. The summed E-state index contributed by atoms with van der Waals surface area (Å²) in [5.41, 5.74) is 1.08. The van der Waals surface area contributed by atoms with Crippen molar-refractivity contribution < 1.29 is 4.79 Å². The topological polar surface area (TPSA) is 72.7 Å². The number of aryl methyl sites for hydroxylation is 2. The molecule has 0 saturated carbocycles. The van der Waals surface area contributed by atoms with E-state index < -0.39 is 0 Å². The molecule has 0 bridgehead atoms. The van der Waals surface area contributed by atoms with Crippen molar-refractivity contribution in [2.45, 2.75) is 45.2 Å². The highest BCUT2D eigenvalue weighted by Gasteiger charge is 2.15. The van der Waals surface area contributed by atoms with E-state index in [9.17, 15) is 4.79 Å². The number of aromatic nitrogens is 4. The van der Waals surface area contributed by atoms with E-state index in [1.807, 2.05) is 12.1 Å². The lowest BCUT2D eigenvalue weighted by Gasteiger charge is -2.14. The molecule has 1 N–H and O–H groups in total. The Balaban J connectivity index is 1.49. The van der Waals surface area contributed by atoms with E-state index in [2.05, 4.69) is 25.1 Å². The van der Waals surface area contributed by atoms with Crippen LogP contribution >= 0.6 is 0 Å². The number of pyridine rings is 1. The minimum absolute atomic E-state index is 0.0343. The molecule has 0 aliphatic carbocycles. The van der Waals surface area contributed by atoms with E-state index in [1.165, 1.54) is 6.42 Å². The summed E-state index contributed by atoms with van der Waals surface area (Å²) in [6.45, 7) is 1.42. The van der Waals surface area contributed by atoms with Gasteiger partial charge < -0.3 is 9.88 Å². The fourth-order valence-corrected chi connectivity index (χ4v) is 2.57. The average Bonchev–Trinajstić information content (AvgIpc) is 2.95. The lowest BCUT2D eigenvalue weighted by Crippen LogP contribution is -2.25. The third kappa shape index (κ3) is 3.45. The van der Waals surface area contributed by atoms with Crippen molar-refractivity contribution in [3.05, 3.63) is 41.7 Å². The van der Waals surface area contributed by atoms with Gasteiger partial charge in [-0.3, -0.25) is 9.78 Å². The van der Waals surface area contributed by atoms with Crippen LogP contribution in [0.4, 0.5) is 0 Å². The van der Waals surface area contributed by atoms with Gasteiger partial charge in [0, 0.05) is 31.8 Å². The molecule has 110 valence electrons. The number of rotatable bonds is 5. The predicted molar refractivity (Wildman–Crippen MR) is 77.4 cm³/mol. The van der Waals surface area contributed by atoms with E-state index in [0.29, 0.717) is 19.4 Å². The van der Waals surface area contributed by atoms with Gasteiger partial charge in [-0.25, -0.2) is 0 Å². The zero-order valence-corrected chi connectivity index (χ0v) is 12.0. The van der Waals surface area contributed by atoms with Crippen molar-refractivity contribution in [1.82, 2.24) is 25.1 Å². The van der Waals surface area contributed by atoms with Crippen LogP contribution in [0.2, 0.25) is 0 Å². The molecule has 1 aliphatic rings.